The normalized spacial score (nSPS) is 16.5. The van der Waals surface area contributed by atoms with Crippen LogP contribution in [0.5, 0.6) is 0 Å². The molecule has 114 valence electrons. The fourth-order valence-electron chi connectivity index (χ4n) is 2.37. The van der Waals surface area contributed by atoms with Gasteiger partial charge in [-0.15, -0.1) is 0 Å². The van der Waals surface area contributed by atoms with Crippen molar-refractivity contribution >= 4 is 29.2 Å². The highest BCUT2D eigenvalue weighted by Gasteiger charge is 2.26. The van der Waals surface area contributed by atoms with Crippen LogP contribution in [0, 0.1) is 5.92 Å². The minimum absolute atomic E-state index is 0.0536. The third-order valence-electron chi connectivity index (χ3n) is 3.52. The first-order chi connectivity index (χ1) is 10.1. The Morgan fingerprint density at radius 3 is 2.81 bits per heavy atom. The van der Waals surface area contributed by atoms with Crippen molar-refractivity contribution < 1.29 is 14.3 Å². The largest absolute Gasteiger partial charge is 0.469 e. The Labute approximate surface area is 128 Å². The summed E-state index contributed by atoms with van der Waals surface area (Å²) in [5.74, 6) is -0.357. The maximum Gasteiger partial charge on any atom is 0.308 e. The van der Waals surface area contributed by atoms with Crippen LogP contribution in [0.1, 0.15) is 12.8 Å². The van der Waals surface area contributed by atoms with E-state index in [1.807, 2.05) is 4.90 Å². The number of likely N-dealkylation sites (tertiary alicyclic amines) is 1. The van der Waals surface area contributed by atoms with Gasteiger partial charge < -0.3 is 10.1 Å². The van der Waals surface area contributed by atoms with E-state index in [4.69, 9.17) is 16.3 Å². The van der Waals surface area contributed by atoms with Gasteiger partial charge in [-0.1, -0.05) is 11.6 Å². The zero-order valence-electron chi connectivity index (χ0n) is 11.8. The first-order valence-corrected chi connectivity index (χ1v) is 7.18. The van der Waals surface area contributed by atoms with Crippen molar-refractivity contribution in [1.29, 1.82) is 0 Å². The number of nitrogens with zero attached hydrogens (tertiary/aromatic N) is 2. The Bertz CT molecular complexity index is 516. The molecule has 0 spiro atoms. The lowest BCUT2D eigenvalue weighted by atomic mass is 9.97. The SMILES string of the molecule is COC(=O)C1CCN(CC(=O)Nc2cccnc2Cl)CC1. The highest BCUT2D eigenvalue weighted by Crippen LogP contribution is 2.19. The van der Waals surface area contributed by atoms with Crippen LogP contribution in [-0.4, -0.2) is 48.5 Å². The number of ether oxygens (including phenoxy) is 1. The van der Waals surface area contributed by atoms with Gasteiger partial charge in [-0.25, -0.2) is 4.98 Å². The van der Waals surface area contributed by atoms with Gasteiger partial charge in [-0.2, -0.15) is 0 Å². The molecule has 1 saturated heterocycles. The van der Waals surface area contributed by atoms with Crippen LogP contribution in [-0.2, 0) is 14.3 Å². The van der Waals surface area contributed by atoms with E-state index in [0.29, 0.717) is 31.6 Å². The fraction of sp³-hybridized carbons (Fsp3) is 0.500. The van der Waals surface area contributed by atoms with Crippen LogP contribution >= 0.6 is 11.6 Å². The molecule has 1 aromatic heterocycles. The van der Waals surface area contributed by atoms with Crippen molar-refractivity contribution in [3.8, 4) is 0 Å². The summed E-state index contributed by atoms with van der Waals surface area (Å²) in [4.78, 5) is 29.3. The molecule has 7 heteroatoms. The average molecular weight is 312 g/mol. The van der Waals surface area contributed by atoms with Crippen molar-refractivity contribution in [2.24, 2.45) is 5.92 Å². The molecule has 0 bridgehead atoms. The van der Waals surface area contributed by atoms with E-state index in [1.165, 1.54) is 7.11 Å². The Morgan fingerprint density at radius 2 is 2.19 bits per heavy atom. The third-order valence-corrected chi connectivity index (χ3v) is 3.82. The number of aromatic nitrogens is 1. The van der Waals surface area contributed by atoms with Crippen LogP contribution in [0.3, 0.4) is 0 Å². The number of hydrogen-bond acceptors (Lipinski definition) is 5. The molecule has 1 fully saturated rings. The van der Waals surface area contributed by atoms with Crippen LogP contribution in [0.15, 0.2) is 18.3 Å². The molecule has 6 nitrogen and oxygen atoms in total. The molecular formula is C14H18ClN3O3. The minimum Gasteiger partial charge on any atom is -0.469 e. The van der Waals surface area contributed by atoms with Gasteiger partial charge in [-0.3, -0.25) is 14.5 Å². The topological polar surface area (TPSA) is 71.5 Å². The number of methoxy groups -OCH3 is 1. The Morgan fingerprint density at radius 1 is 1.48 bits per heavy atom. The first-order valence-electron chi connectivity index (χ1n) is 6.80. The third kappa shape index (κ3) is 4.41. The zero-order chi connectivity index (χ0) is 15.2. The smallest absolute Gasteiger partial charge is 0.308 e. The summed E-state index contributed by atoms with van der Waals surface area (Å²) < 4.78 is 4.74. The summed E-state index contributed by atoms with van der Waals surface area (Å²) >= 11 is 5.89. The lowest BCUT2D eigenvalue weighted by molar-refractivity contribution is -0.147. The van der Waals surface area contributed by atoms with Crippen molar-refractivity contribution in [3.05, 3.63) is 23.5 Å². The number of hydrogen-bond donors (Lipinski definition) is 1. The summed E-state index contributed by atoms with van der Waals surface area (Å²) in [5.41, 5.74) is 0.508. The van der Waals surface area contributed by atoms with Crippen molar-refractivity contribution in [2.75, 3.05) is 32.1 Å². The number of esters is 1. The van der Waals surface area contributed by atoms with E-state index in [1.54, 1.807) is 18.3 Å². The Hall–Kier alpha value is -1.66. The molecular weight excluding hydrogens is 294 g/mol. The number of anilines is 1. The van der Waals surface area contributed by atoms with Gasteiger partial charge in [-0.05, 0) is 38.1 Å². The van der Waals surface area contributed by atoms with Gasteiger partial charge in [0.15, 0.2) is 5.15 Å². The molecule has 0 atom stereocenters. The van der Waals surface area contributed by atoms with Crippen molar-refractivity contribution in [3.63, 3.8) is 0 Å². The summed E-state index contributed by atoms with van der Waals surface area (Å²) in [6, 6.07) is 3.42. The number of amides is 1. The van der Waals surface area contributed by atoms with E-state index in [9.17, 15) is 9.59 Å². The Balaban J connectivity index is 1.80. The van der Waals surface area contributed by atoms with Gasteiger partial charge in [0.2, 0.25) is 5.91 Å². The van der Waals surface area contributed by atoms with Gasteiger partial charge in [0, 0.05) is 6.20 Å². The van der Waals surface area contributed by atoms with Gasteiger partial charge in [0.05, 0.1) is 25.3 Å². The lowest BCUT2D eigenvalue weighted by Crippen LogP contribution is -2.41. The number of piperidine rings is 1. The molecule has 21 heavy (non-hydrogen) atoms. The van der Waals surface area contributed by atoms with E-state index >= 15 is 0 Å². The van der Waals surface area contributed by atoms with Crippen LogP contribution < -0.4 is 5.32 Å². The van der Waals surface area contributed by atoms with E-state index in [-0.39, 0.29) is 29.5 Å². The predicted molar refractivity (Wildman–Crippen MR) is 79.1 cm³/mol. The first kappa shape index (κ1) is 15.7. The van der Waals surface area contributed by atoms with Crippen LogP contribution in [0.4, 0.5) is 5.69 Å². The second kappa shape index (κ2) is 7.38. The molecule has 0 unspecified atom stereocenters. The highest BCUT2D eigenvalue weighted by atomic mass is 35.5. The summed E-state index contributed by atoms with van der Waals surface area (Å²) in [6.07, 6.45) is 3.00. The van der Waals surface area contributed by atoms with Crippen LogP contribution in [0.25, 0.3) is 0 Å². The van der Waals surface area contributed by atoms with Crippen molar-refractivity contribution in [1.82, 2.24) is 9.88 Å². The molecule has 0 aromatic carbocycles. The summed E-state index contributed by atoms with van der Waals surface area (Å²) in [5, 5.41) is 3.01. The Kier molecular flexibility index (Phi) is 5.52. The average Bonchev–Trinajstić information content (AvgIpc) is 2.49. The zero-order valence-corrected chi connectivity index (χ0v) is 12.6. The lowest BCUT2D eigenvalue weighted by Gasteiger charge is -2.29. The molecule has 1 aromatic rings. The maximum absolute atomic E-state index is 12.0. The number of carbonyl (C=O) groups is 2. The molecule has 2 heterocycles. The fourth-order valence-corrected chi connectivity index (χ4v) is 2.53. The molecule has 1 amide bonds. The minimum atomic E-state index is -0.166. The molecule has 1 aliphatic heterocycles. The second-order valence-corrected chi connectivity index (χ2v) is 5.32. The van der Waals surface area contributed by atoms with Crippen LogP contribution in [0.2, 0.25) is 5.15 Å². The number of pyridine rings is 1. The highest BCUT2D eigenvalue weighted by molar-refractivity contribution is 6.32. The standard InChI is InChI=1S/C14H18ClN3O3/c1-21-14(20)10-4-7-18(8-5-10)9-12(19)17-11-3-2-6-16-13(11)15/h2-3,6,10H,4-5,7-9H2,1H3,(H,17,19). The molecule has 2 rings (SSSR count). The molecule has 0 saturated carbocycles. The van der Waals surface area contributed by atoms with Gasteiger partial charge in [0.1, 0.15) is 0 Å². The number of carbonyl (C=O) groups excluding carboxylic acids is 2. The van der Waals surface area contributed by atoms with E-state index < -0.39 is 0 Å². The second-order valence-electron chi connectivity index (χ2n) is 4.96. The van der Waals surface area contributed by atoms with E-state index in [0.717, 1.165) is 0 Å². The maximum atomic E-state index is 12.0. The number of halogens is 1. The number of rotatable bonds is 4. The summed E-state index contributed by atoms with van der Waals surface area (Å²) in [7, 11) is 1.40. The summed E-state index contributed by atoms with van der Waals surface area (Å²) in [6.45, 7) is 1.68. The quantitative estimate of drug-likeness (QED) is 0.675. The van der Waals surface area contributed by atoms with Gasteiger partial charge in [0.25, 0.3) is 0 Å². The molecule has 0 aliphatic carbocycles. The molecule has 0 radical (unpaired) electrons. The number of nitrogens with one attached hydrogen (secondary N) is 1. The van der Waals surface area contributed by atoms with Crippen molar-refractivity contribution in [2.45, 2.75) is 12.8 Å². The predicted octanol–water partition coefficient (Wildman–Crippen LogP) is 1.56. The molecule has 1 N–H and O–H groups in total. The van der Waals surface area contributed by atoms with Gasteiger partial charge >= 0.3 is 5.97 Å². The molecule has 1 aliphatic rings. The monoisotopic (exact) mass is 311 g/mol. The van der Waals surface area contributed by atoms with E-state index in [2.05, 4.69) is 10.3 Å².